The van der Waals surface area contributed by atoms with Crippen molar-refractivity contribution in [2.24, 2.45) is 0 Å². The Kier molecular flexibility index (Phi) is 3.66. The molecule has 0 unspecified atom stereocenters. The zero-order valence-electron chi connectivity index (χ0n) is 12.0. The highest BCUT2D eigenvalue weighted by atomic mass is 16.5. The number of hydrogen-bond donors (Lipinski definition) is 2. The summed E-state index contributed by atoms with van der Waals surface area (Å²) in [6.45, 7) is 0. The van der Waals surface area contributed by atoms with Crippen LogP contribution in [-0.4, -0.2) is 23.2 Å². The first-order valence-electron chi connectivity index (χ1n) is 6.86. The molecule has 0 saturated carbocycles. The third kappa shape index (κ3) is 2.46. The van der Waals surface area contributed by atoms with Crippen LogP contribution in [0.5, 0.6) is 5.75 Å². The van der Waals surface area contributed by atoms with Crippen molar-refractivity contribution in [3.05, 3.63) is 66.2 Å². The average molecular weight is 293 g/mol. The van der Waals surface area contributed by atoms with Crippen LogP contribution in [0.4, 0.5) is 0 Å². The van der Waals surface area contributed by atoms with E-state index >= 15 is 0 Å². The van der Waals surface area contributed by atoms with Gasteiger partial charge >= 0.3 is 5.97 Å². The van der Waals surface area contributed by atoms with Crippen molar-refractivity contribution in [2.75, 3.05) is 7.11 Å². The van der Waals surface area contributed by atoms with Gasteiger partial charge in [-0.2, -0.15) is 0 Å². The number of ether oxygens (including phenoxy) is 1. The van der Waals surface area contributed by atoms with Crippen molar-refractivity contribution < 1.29 is 14.6 Å². The molecule has 1 heterocycles. The van der Waals surface area contributed by atoms with Crippen LogP contribution in [0.15, 0.2) is 60.7 Å². The van der Waals surface area contributed by atoms with E-state index in [9.17, 15) is 9.90 Å². The fraction of sp³-hybridized carbons (Fsp3) is 0.0556. The molecule has 0 fully saturated rings. The number of carbonyl (C=O) groups is 1. The molecule has 110 valence electrons. The zero-order chi connectivity index (χ0) is 15.5. The Morgan fingerprint density at radius 3 is 2.41 bits per heavy atom. The Morgan fingerprint density at radius 2 is 1.73 bits per heavy atom. The standard InChI is InChI=1S/C18H15NO3/c1-22-18(21)14-11-15(13-9-5-6-10-16(13)20)19-17(14)12-7-3-2-4-8-12/h2-11,19-20H,1H3. The molecule has 0 amide bonds. The summed E-state index contributed by atoms with van der Waals surface area (Å²) in [5.41, 5.74) is 3.29. The quantitative estimate of drug-likeness (QED) is 0.721. The Morgan fingerprint density at radius 1 is 1.05 bits per heavy atom. The number of carbonyl (C=O) groups excluding carboxylic acids is 1. The molecule has 4 nitrogen and oxygen atoms in total. The molecule has 0 atom stereocenters. The lowest BCUT2D eigenvalue weighted by Crippen LogP contribution is -2.01. The number of para-hydroxylation sites is 1. The normalized spacial score (nSPS) is 10.4. The molecule has 0 radical (unpaired) electrons. The molecule has 0 spiro atoms. The number of phenolic OH excluding ortho intramolecular Hbond substituents is 1. The van der Waals surface area contributed by atoms with E-state index in [1.807, 2.05) is 36.4 Å². The van der Waals surface area contributed by atoms with Gasteiger partial charge < -0.3 is 14.8 Å². The van der Waals surface area contributed by atoms with Gasteiger partial charge in [-0.15, -0.1) is 0 Å². The third-order valence-electron chi connectivity index (χ3n) is 3.48. The smallest absolute Gasteiger partial charge is 0.340 e. The minimum absolute atomic E-state index is 0.153. The topological polar surface area (TPSA) is 62.3 Å². The number of esters is 1. The van der Waals surface area contributed by atoms with Gasteiger partial charge in [0.05, 0.1) is 24.1 Å². The minimum Gasteiger partial charge on any atom is -0.507 e. The number of H-pyrrole nitrogens is 1. The van der Waals surface area contributed by atoms with Crippen molar-refractivity contribution in [3.63, 3.8) is 0 Å². The largest absolute Gasteiger partial charge is 0.507 e. The summed E-state index contributed by atoms with van der Waals surface area (Å²) in [7, 11) is 1.35. The summed E-state index contributed by atoms with van der Waals surface area (Å²) in [6.07, 6.45) is 0. The summed E-state index contributed by atoms with van der Waals surface area (Å²) >= 11 is 0. The number of methoxy groups -OCH3 is 1. The number of hydrogen-bond acceptors (Lipinski definition) is 3. The van der Waals surface area contributed by atoms with Crippen LogP contribution < -0.4 is 0 Å². The van der Waals surface area contributed by atoms with Crippen molar-refractivity contribution in [3.8, 4) is 28.3 Å². The summed E-state index contributed by atoms with van der Waals surface area (Å²) in [4.78, 5) is 15.2. The Balaban J connectivity index is 2.18. The van der Waals surface area contributed by atoms with Gasteiger partial charge in [0.15, 0.2) is 0 Å². The molecule has 0 aliphatic carbocycles. The maximum absolute atomic E-state index is 12.0. The fourth-order valence-electron chi connectivity index (χ4n) is 2.40. The van der Waals surface area contributed by atoms with Crippen molar-refractivity contribution in [1.29, 1.82) is 0 Å². The van der Waals surface area contributed by atoms with E-state index < -0.39 is 5.97 Å². The maximum atomic E-state index is 12.0. The van der Waals surface area contributed by atoms with E-state index in [1.165, 1.54) is 7.11 Å². The predicted octanol–water partition coefficient (Wildman–Crippen LogP) is 3.84. The van der Waals surface area contributed by atoms with Gasteiger partial charge in [0.25, 0.3) is 0 Å². The number of rotatable bonds is 3. The van der Waals surface area contributed by atoms with Gasteiger partial charge in [-0.3, -0.25) is 0 Å². The molecule has 1 aromatic heterocycles. The van der Waals surface area contributed by atoms with Crippen LogP contribution in [-0.2, 0) is 4.74 Å². The highest BCUT2D eigenvalue weighted by Gasteiger charge is 2.19. The predicted molar refractivity (Wildman–Crippen MR) is 84.7 cm³/mol. The Hall–Kier alpha value is -3.01. The van der Waals surface area contributed by atoms with Gasteiger partial charge in [-0.25, -0.2) is 4.79 Å². The molecule has 0 saturated heterocycles. The number of nitrogens with one attached hydrogen (secondary N) is 1. The molecule has 2 aromatic carbocycles. The summed E-state index contributed by atoms with van der Waals surface area (Å²) in [6, 6.07) is 18.2. The first kappa shape index (κ1) is 13.9. The number of benzene rings is 2. The van der Waals surface area contributed by atoms with Crippen LogP contribution in [0.2, 0.25) is 0 Å². The zero-order valence-corrected chi connectivity index (χ0v) is 12.0. The molecule has 3 aromatic rings. The van der Waals surface area contributed by atoms with Gasteiger partial charge in [-0.05, 0) is 23.8 Å². The first-order chi connectivity index (χ1) is 10.7. The third-order valence-corrected chi connectivity index (χ3v) is 3.48. The van der Waals surface area contributed by atoms with Crippen molar-refractivity contribution in [2.45, 2.75) is 0 Å². The molecule has 0 aliphatic heterocycles. The Labute approximate surface area is 128 Å². The number of aromatic nitrogens is 1. The summed E-state index contributed by atoms with van der Waals surface area (Å²) < 4.78 is 4.86. The molecule has 3 rings (SSSR count). The van der Waals surface area contributed by atoms with Crippen molar-refractivity contribution >= 4 is 5.97 Å². The molecule has 2 N–H and O–H groups in total. The molecule has 22 heavy (non-hydrogen) atoms. The lowest BCUT2D eigenvalue weighted by Gasteiger charge is -2.03. The second kappa shape index (κ2) is 5.77. The van der Waals surface area contributed by atoms with Crippen molar-refractivity contribution in [1.82, 2.24) is 4.98 Å². The molecule has 4 heteroatoms. The molecular weight excluding hydrogens is 278 g/mol. The van der Waals surface area contributed by atoms with Crippen LogP contribution in [0.3, 0.4) is 0 Å². The van der Waals surface area contributed by atoms with Gasteiger partial charge in [-0.1, -0.05) is 42.5 Å². The van der Waals surface area contributed by atoms with Crippen LogP contribution >= 0.6 is 0 Å². The summed E-state index contributed by atoms with van der Waals surface area (Å²) in [5.74, 6) is -0.267. The van der Waals surface area contributed by atoms with Crippen LogP contribution in [0, 0.1) is 0 Å². The van der Waals surface area contributed by atoms with Crippen LogP contribution in [0.1, 0.15) is 10.4 Å². The van der Waals surface area contributed by atoms with E-state index in [-0.39, 0.29) is 5.75 Å². The Bertz CT molecular complexity index is 806. The lowest BCUT2D eigenvalue weighted by molar-refractivity contribution is 0.0602. The van der Waals surface area contributed by atoms with E-state index in [2.05, 4.69) is 4.98 Å². The number of aromatic amines is 1. The average Bonchev–Trinajstić information content (AvgIpc) is 3.00. The lowest BCUT2D eigenvalue weighted by atomic mass is 10.1. The van der Waals surface area contributed by atoms with E-state index in [1.54, 1.807) is 24.3 Å². The van der Waals surface area contributed by atoms with E-state index in [0.717, 1.165) is 5.56 Å². The monoisotopic (exact) mass is 293 g/mol. The summed E-state index contributed by atoms with van der Waals surface area (Å²) in [5, 5.41) is 9.99. The second-order valence-corrected chi connectivity index (χ2v) is 4.85. The number of aromatic hydroxyl groups is 1. The van der Waals surface area contributed by atoms with Gasteiger partial charge in [0, 0.05) is 5.56 Å². The molecule has 0 bridgehead atoms. The van der Waals surface area contributed by atoms with E-state index in [0.29, 0.717) is 22.5 Å². The van der Waals surface area contributed by atoms with E-state index in [4.69, 9.17) is 4.74 Å². The highest BCUT2D eigenvalue weighted by molar-refractivity contribution is 5.98. The maximum Gasteiger partial charge on any atom is 0.340 e. The van der Waals surface area contributed by atoms with Gasteiger partial charge in [0.1, 0.15) is 5.75 Å². The first-order valence-corrected chi connectivity index (χ1v) is 6.86. The SMILES string of the molecule is COC(=O)c1cc(-c2ccccc2O)[nH]c1-c1ccccc1. The molecule has 0 aliphatic rings. The second-order valence-electron chi connectivity index (χ2n) is 4.85. The van der Waals surface area contributed by atoms with Gasteiger partial charge in [0.2, 0.25) is 0 Å². The fourth-order valence-corrected chi connectivity index (χ4v) is 2.40. The highest BCUT2D eigenvalue weighted by Crippen LogP contribution is 2.33. The molecular formula is C18H15NO3. The minimum atomic E-state index is -0.420. The van der Waals surface area contributed by atoms with Crippen LogP contribution in [0.25, 0.3) is 22.5 Å². The number of phenols is 1.